The van der Waals surface area contributed by atoms with Crippen LogP contribution in [0.15, 0.2) is 39.9 Å². The Balaban J connectivity index is 0.00000420. The number of carbonyl (C=O) groups is 1. The van der Waals surface area contributed by atoms with Gasteiger partial charge in [0, 0.05) is 32.2 Å². The Labute approximate surface area is 190 Å². The minimum atomic E-state index is 0. The van der Waals surface area contributed by atoms with Gasteiger partial charge in [-0.2, -0.15) is 0 Å². The molecule has 2 aromatic rings. The van der Waals surface area contributed by atoms with Crippen molar-refractivity contribution in [3.63, 3.8) is 0 Å². The summed E-state index contributed by atoms with van der Waals surface area (Å²) in [5, 5.41) is 3.21. The molecule has 0 aliphatic rings. The van der Waals surface area contributed by atoms with Crippen LogP contribution in [0.3, 0.4) is 0 Å². The van der Waals surface area contributed by atoms with Gasteiger partial charge in [-0.25, -0.2) is 9.98 Å². The smallest absolute Gasteiger partial charge is 0.242 e. The molecule has 8 heteroatoms. The maximum absolute atomic E-state index is 12.4. The number of aliphatic imine (C=N–C) groups is 1. The van der Waals surface area contributed by atoms with Crippen molar-refractivity contribution in [2.45, 2.75) is 34.2 Å². The van der Waals surface area contributed by atoms with Gasteiger partial charge in [0.25, 0.3) is 0 Å². The normalized spacial score (nSPS) is 11.0. The van der Waals surface area contributed by atoms with Crippen LogP contribution in [-0.4, -0.2) is 59.9 Å². The number of nitrogens with zero attached hydrogens (tertiary/aromatic N) is 4. The molecular formula is C21H32IN5O2. The number of hydrogen-bond acceptors (Lipinski definition) is 4. The molecule has 1 amide bonds. The largest absolute Gasteiger partial charge is 0.439 e. The number of aromatic nitrogens is 1. The first-order valence-corrected chi connectivity index (χ1v) is 9.77. The Morgan fingerprint density at radius 1 is 1.17 bits per heavy atom. The number of aryl methyl sites for hydroxylation is 1. The van der Waals surface area contributed by atoms with Crippen LogP contribution < -0.4 is 5.32 Å². The summed E-state index contributed by atoms with van der Waals surface area (Å²) in [5.74, 6) is 1.99. The lowest BCUT2D eigenvalue weighted by Crippen LogP contribution is -2.45. The molecule has 0 aliphatic carbocycles. The highest BCUT2D eigenvalue weighted by atomic mass is 127. The molecule has 0 bridgehead atoms. The zero-order chi connectivity index (χ0) is 20.5. The van der Waals surface area contributed by atoms with E-state index in [1.54, 1.807) is 6.20 Å². The average molecular weight is 513 g/mol. The predicted octanol–water partition coefficient (Wildman–Crippen LogP) is 3.53. The van der Waals surface area contributed by atoms with Crippen molar-refractivity contribution in [2.24, 2.45) is 4.99 Å². The van der Waals surface area contributed by atoms with E-state index >= 15 is 0 Å². The van der Waals surface area contributed by atoms with Crippen molar-refractivity contribution >= 4 is 35.8 Å². The molecule has 0 atom stereocenters. The molecule has 0 spiro atoms. The van der Waals surface area contributed by atoms with Crippen LogP contribution in [-0.2, 0) is 11.3 Å². The van der Waals surface area contributed by atoms with Crippen molar-refractivity contribution in [3.05, 3.63) is 41.9 Å². The van der Waals surface area contributed by atoms with Crippen molar-refractivity contribution < 1.29 is 9.21 Å². The van der Waals surface area contributed by atoms with Crippen LogP contribution in [0.25, 0.3) is 11.3 Å². The molecule has 1 aromatic heterocycles. The van der Waals surface area contributed by atoms with Crippen molar-refractivity contribution in [1.82, 2.24) is 20.1 Å². The molecule has 0 fully saturated rings. The van der Waals surface area contributed by atoms with Gasteiger partial charge in [0.05, 0.1) is 12.7 Å². The van der Waals surface area contributed by atoms with Gasteiger partial charge in [0.1, 0.15) is 6.54 Å². The summed E-state index contributed by atoms with van der Waals surface area (Å²) in [6.07, 6.45) is 1.72. The Morgan fingerprint density at radius 3 is 2.41 bits per heavy atom. The lowest BCUT2D eigenvalue weighted by molar-refractivity contribution is -0.131. The summed E-state index contributed by atoms with van der Waals surface area (Å²) in [7, 11) is 1.86. The van der Waals surface area contributed by atoms with E-state index < -0.39 is 0 Å². The molecule has 160 valence electrons. The molecule has 0 aliphatic heterocycles. The summed E-state index contributed by atoms with van der Waals surface area (Å²) < 4.78 is 5.83. The molecule has 2 rings (SSSR count). The molecule has 0 radical (unpaired) electrons. The van der Waals surface area contributed by atoms with E-state index in [0.717, 1.165) is 11.3 Å². The fraction of sp³-hybridized carbons (Fsp3) is 0.476. The number of oxazole rings is 1. The van der Waals surface area contributed by atoms with E-state index in [2.05, 4.69) is 15.3 Å². The standard InChI is InChI=1S/C21H31N5O2.HI/c1-6-22-21(25(5)15-20(27)26(7-2)8-3)24-14-19-23-13-18(28-19)17-11-9-16(4)10-12-17;/h9-13H,6-8,14-15H2,1-5H3,(H,22,24);1H. The highest BCUT2D eigenvalue weighted by Crippen LogP contribution is 2.21. The number of carbonyl (C=O) groups excluding carboxylic acids is 1. The third kappa shape index (κ3) is 7.34. The van der Waals surface area contributed by atoms with E-state index in [4.69, 9.17) is 4.42 Å². The molecule has 29 heavy (non-hydrogen) atoms. The SMILES string of the molecule is CCNC(=NCc1ncc(-c2ccc(C)cc2)o1)N(C)CC(=O)N(CC)CC.I. The Bertz CT molecular complexity index is 785. The first kappa shape index (κ1) is 24.9. The number of guanidine groups is 1. The highest BCUT2D eigenvalue weighted by Gasteiger charge is 2.15. The van der Waals surface area contributed by atoms with Gasteiger partial charge < -0.3 is 19.5 Å². The third-order valence-electron chi connectivity index (χ3n) is 4.44. The van der Waals surface area contributed by atoms with Gasteiger partial charge in [-0.1, -0.05) is 29.8 Å². The number of likely N-dealkylation sites (N-methyl/N-ethyl adjacent to an activating group) is 2. The van der Waals surface area contributed by atoms with Crippen molar-refractivity contribution in [2.75, 3.05) is 33.2 Å². The van der Waals surface area contributed by atoms with Crippen molar-refractivity contribution in [1.29, 1.82) is 0 Å². The molecule has 0 saturated carbocycles. The van der Waals surface area contributed by atoms with Crippen LogP contribution >= 0.6 is 24.0 Å². The van der Waals surface area contributed by atoms with Gasteiger partial charge in [0.2, 0.25) is 11.8 Å². The minimum Gasteiger partial charge on any atom is -0.439 e. The maximum atomic E-state index is 12.4. The monoisotopic (exact) mass is 513 g/mol. The minimum absolute atomic E-state index is 0. The van der Waals surface area contributed by atoms with Gasteiger partial charge >= 0.3 is 0 Å². The van der Waals surface area contributed by atoms with Gasteiger partial charge in [0.15, 0.2) is 11.7 Å². The number of rotatable bonds is 8. The summed E-state index contributed by atoms with van der Waals surface area (Å²) in [6, 6.07) is 8.11. The lowest BCUT2D eigenvalue weighted by atomic mass is 10.1. The van der Waals surface area contributed by atoms with Gasteiger partial charge in [-0.05, 0) is 27.7 Å². The molecule has 1 heterocycles. The van der Waals surface area contributed by atoms with E-state index in [-0.39, 0.29) is 36.4 Å². The number of halogens is 1. The molecule has 1 N–H and O–H groups in total. The van der Waals surface area contributed by atoms with Crippen LogP contribution in [0.1, 0.15) is 32.2 Å². The fourth-order valence-corrected chi connectivity index (χ4v) is 2.80. The lowest BCUT2D eigenvalue weighted by Gasteiger charge is -2.25. The number of benzene rings is 1. The van der Waals surface area contributed by atoms with E-state index in [9.17, 15) is 4.79 Å². The number of hydrogen-bond donors (Lipinski definition) is 1. The average Bonchev–Trinajstić information content (AvgIpc) is 3.15. The maximum Gasteiger partial charge on any atom is 0.242 e. The highest BCUT2D eigenvalue weighted by molar-refractivity contribution is 14.0. The zero-order valence-electron chi connectivity index (χ0n) is 17.9. The Hall–Kier alpha value is -2.10. The van der Waals surface area contributed by atoms with Crippen LogP contribution in [0.5, 0.6) is 0 Å². The Kier molecular flexibility index (Phi) is 10.7. The fourth-order valence-electron chi connectivity index (χ4n) is 2.80. The van der Waals surface area contributed by atoms with E-state index in [0.29, 0.717) is 38.0 Å². The molecular weight excluding hydrogens is 481 g/mol. The first-order valence-electron chi connectivity index (χ1n) is 9.77. The van der Waals surface area contributed by atoms with Gasteiger partial charge in [-0.3, -0.25) is 4.79 Å². The molecule has 7 nitrogen and oxygen atoms in total. The topological polar surface area (TPSA) is 74.0 Å². The van der Waals surface area contributed by atoms with Crippen molar-refractivity contribution in [3.8, 4) is 11.3 Å². The molecule has 0 saturated heterocycles. The second kappa shape index (κ2) is 12.5. The summed E-state index contributed by atoms with van der Waals surface area (Å²) in [5.41, 5.74) is 2.19. The third-order valence-corrected chi connectivity index (χ3v) is 4.44. The van der Waals surface area contributed by atoms with Crippen LogP contribution in [0.4, 0.5) is 0 Å². The summed E-state index contributed by atoms with van der Waals surface area (Å²) >= 11 is 0. The predicted molar refractivity (Wildman–Crippen MR) is 127 cm³/mol. The summed E-state index contributed by atoms with van der Waals surface area (Å²) in [4.78, 5) is 24.9. The second-order valence-corrected chi connectivity index (χ2v) is 6.58. The van der Waals surface area contributed by atoms with Crippen LogP contribution in [0, 0.1) is 6.92 Å². The Morgan fingerprint density at radius 2 is 1.83 bits per heavy atom. The van der Waals surface area contributed by atoms with E-state index in [1.807, 2.05) is 68.8 Å². The van der Waals surface area contributed by atoms with E-state index in [1.165, 1.54) is 5.56 Å². The van der Waals surface area contributed by atoms with Gasteiger partial charge in [-0.15, -0.1) is 24.0 Å². The molecule has 0 unspecified atom stereocenters. The second-order valence-electron chi connectivity index (χ2n) is 6.58. The number of amides is 1. The molecule has 1 aromatic carbocycles. The summed E-state index contributed by atoms with van der Waals surface area (Å²) in [6.45, 7) is 10.7. The zero-order valence-corrected chi connectivity index (χ0v) is 20.3. The van der Waals surface area contributed by atoms with Crippen LogP contribution in [0.2, 0.25) is 0 Å². The quantitative estimate of drug-likeness (QED) is 0.332. The first-order chi connectivity index (χ1) is 13.5. The number of nitrogens with one attached hydrogen (secondary N) is 1.